The van der Waals surface area contributed by atoms with Crippen LogP contribution in [0.5, 0.6) is 5.75 Å². The number of nitriles is 1. The van der Waals surface area contributed by atoms with Crippen LogP contribution >= 0.6 is 0 Å². The van der Waals surface area contributed by atoms with Crippen molar-refractivity contribution >= 4 is 0 Å². The van der Waals surface area contributed by atoms with E-state index in [1.54, 1.807) is 12.1 Å². The van der Waals surface area contributed by atoms with Gasteiger partial charge < -0.3 is 10.5 Å². The zero-order valence-electron chi connectivity index (χ0n) is 10.5. The fourth-order valence-electron chi connectivity index (χ4n) is 2.23. The highest BCUT2D eigenvalue weighted by molar-refractivity contribution is 5.34. The van der Waals surface area contributed by atoms with Crippen molar-refractivity contribution < 1.29 is 4.74 Å². The van der Waals surface area contributed by atoms with Crippen molar-refractivity contribution in [1.29, 1.82) is 5.26 Å². The van der Waals surface area contributed by atoms with Gasteiger partial charge in [-0.15, -0.1) is 0 Å². The van der Waals surface area contributed by atoms with Crippen molar-refractivity contribution in [3.8, 4) is 11.8 Å². The van der Waals surface area contributed by atoms with Crippen molar-refractivity contribution in [2.24, 2.45) is 11.7 Å². The summed E-state index contributed by atoms with van der Waals surface area (Å²) in [7, 11) is 0. The maximum absolute atomic E-state index is 8.69. The van der Waals surface area contributed by atoms with Gasteiger partial charge in [-0.05, 0) is 49.7 Å². The topological polar surface area (TPSA) is 62.3 Å². The van der Waals surface area contributed by atoms with E-state index in [0.717, 1.165) is 31.9 Å². The number of ether oxygens (including phenoxy) is 1. The fraction of sp³-hybridized carbons (Fsp3) is 0.500. The molecule has 1 heterocycles. The lowest BCUT2D eigenvalue weighted by Gasteiger charge is -2.15. The Morgan fingerprint density at radius 1 is 1.39 bits per heavy atom. The molecular formula is C14H19N3O. The molecule has 1 unspecified atom stereocenters. The monoisotopic (exact) mass is 245 g/mol. The number of nitrogens with two attached hydrogens (primary N) is 1. The van der Waals surface area contributed by atoms with Gasteiger partial charge in [-0.3, -0.25) is 4.90 Å². The predicted octanol–water partition coefficient (Wildman–Crippen LogP) is 1.22. The first-order valence-corrected chi connectivity index (χ1v) is 6.37. The fourth-order valence-corrected chi connectivity index (χ4v) is 2.23. The molecule has 2 rings (SSSR count). The molecular weight excluding hydrogens is 226 g/mol. The van der Waals surface area contributed by atoms with Crippen LogP contribution in [-0.2, 0) is 0 Å². The van der Waals surface area contributed by atoms with Crippen LogP contribution in [0, 0.1) is 17.2 Å². The molecule has 1 aliphatic rings. The number of likely N-dealkylation sites (tertiary alicyclic amines) is 1. The third kappa shape index (κ3) is 3.46. The van der Waals surface area contributed by atoms with Crippen LogP contribution in [0.25, 0.3) is 0 Å². The van der Waals surface area contributed by atoms with E-state index in [-0.39, 0.29) is 0 Å². The van der Waals surface area contributed by atoms with Crippen molar-refractivity contribution in [2.75, 3.05) is 32.8 Å². The van der Waals surface area contributed by atoms with Gasteiger partial charge in [0.05, 0.1) is 11.6 Å². The van der Waals surface area contributed by atoms with Crippen LogP contribution in [0.15, 0.2) is 24.3 Å². The van der Waals surface area contributed by atoms with Crippen molar-refractivity contribution in [3.63, 3.8) is 0 Å². The second-order valence-corrected chi connectivity index (χ2v) is 4.68. The molecule has 0 spiro atoms. The zero-order chi connectivity index (χ0) is 12.8. The first-order valence-electron chi connectivity index (χ1n) is 6.37. The van der Waals surface area contributed by atoms with Crippen molar-refractivity contribution in [1.82, 2.24) is 4.90 Å². The molecule has 1 fully saturated rings. The molecule has 2 N–H and O–H groups in total. The molecule has 0 aliphatic carbocycles. The lowest BCUT2D eigenvalue weighted by atomic mass is 10.1. The Bertz CT molecular complexity index is 410. The smallest absolute Gasteiger partial charge is 0.119 e. The summed E-state index contributed by atoms with van der Waals surface area (Å²) in [6, 6.07) is 9.31. The highest BCUT2D eigenvalue weighted by atomic mass is 16.5. The van der Waals surface area contributed by atoms with Gasteiger partial charge >= 0.3 is 0 Å². The SMILES string of the molecule is N#Cc1ccc(OCCN2CCC(CN)C2)cc1. The second-order valence-electron chi connectivity index (χ2n) is 4.68. The summed E-state index contributed by atoms with van der Waals surface area (Å²) in [5.41, 5.74) is 6.32. The highest BCUT2D eigenvalue weighted by Gasteiger charge is 2.20. The Balaban J connectivity index is 1.70. The van der Waals surface area contributed by atoms with Crippen LogP contribution in [0.2, 0.25) is 0 Å². The first-order chi connectivity index (χ1) is 8.81. The Kier molecular flexibility index (Phi) is 4.57. The van der Waals surface area contributed by atoms with Gasteiger partial charge in [0.2, 0.25) is 0 Å². The average Bonchev–Trinajstić information content (AvgIpc) is 2.87. The molecule has 1 aromatic carbocycles. The average molecular weight is 245 g/mol. The lowest BCUT2D eigenvalue weighted by molar-refractivity contribution is 0.233. The second kappa shape index (κ2) is 6.39. The van der Waals surface area contributed by atoms with Gasteiger partial charge in [0.25, 0.3) is 0 Å². The molecule has 0 amide bonds. The van der Waals surface area contributed by atoms with Gasteiger partial charge in [0, 0.05) is 13.1 Å². The molecule has 0 saturated carbocycles. The van der Waals surface area contributed by atoms with Crippen LogP contribution < -0.4 is 10.5 Å². The highest BCUT2D eigenvalue weighted by Crippen LogP contribution is 2.15. The number of rotatable bonds is 5. The van der Waals surface area contributed by atoms with E-state index < -0.39 is 0 Å². The van der Waals surface area contributed by atoms with Gasteiger partial charge in [-0.2, -0.15) is 5.26 Å². The summed E-state index contributed by atoms with van der Waals surface area (Å²) < 4.78 is 5.65. The maximum atomic E-state index is 8.69. The van der Waals surface area contributed by atoms with E-state index in [1.165, 1.54) is 6.42 Å². The van der Waals surface area contributed by atoms with E-state index in [0.29, 0.717) is 18.1 Å². The predicted molar refractivity (Wildman–Crippen MR) is 70.3 cm³/mol. The minimum Gasteiger partial charge on any atom is -0.492 e. The quantitative estimate of drug-likeness (QED) is 0.847. The molecule has 1 saturated heterocycles. The summed E-state index contributed by atoms with van der Waals surface area (Å²) in [6.45, 7) is 4.62. The normalized spacial score (nSPS) is 19.7. The number of nitrogens with zero attached hydrogens (tertiary/aromatic N) is 2. The third-order valence-electron chi connectivity index (χ3n) is 3.36. The van der Waals surface area contributed by atoms with Crippen molar-refractivity contribution in [3.05, 3.63) is 29.8 Å². The van der Waals surface area contributed by atoms with E-state index >= 15 is 0 Å². The Morgan fingerprint density at radius 3 is 2.78 bits per heavy atom. The number of benzene rings is 1. The van der Waals surface area contributed by atoms with Gasteiger partial charge in [0.1, 0.15) is 12.4 Å². The molecule has 1 aromatic rings. The van der Waals surface area contributed by atoms with Gasteiger partial charge in [-0.1, -0.05) is 0 Å². The van der Waals surface area contributed by atoms with E-state index in [9.17, 15) is 0 Å². The lowest BCUT2D eigenvalue weighted by Crippen LogP contribution is -2.27. The molecule has 1 aliphatic heterocycles. The summed E-state index contributed by atoms with van der Waals surface area (Å²) in [5.74, 6) is 1.48. The minimum atomic E-state index is 0.653. The summed E-state index contributed by atoms with van der Waals surface area (Å²) in [5, 5.41) is 8.69. The molecule has 1 atom stereocenters. The molecule has 96 valence electrons. The molecule has 18 heavy (non-hydrogen) atoms. The maximum Gasteiger partial charge on any atom is 0.119 e. The van der Waals surface area contributed by atoms with Gasteiger partial charge in [-0.25, -0.2) is 0 Å². The standard InChI is InChI=1S/C14H19N3O/c15-9-12-1-3-14(4-2-12)18-8-7-17-6-5-13(10-16)11-17/h1-4,13H,5-8,10-11,16H2. The van der Waals surface area contributed by atoms with Gasteiger partial charge in [0.15, 0.2) is 0 Å². The van der Waals surface area contributed by atoms with E-state index in [2.05, 4.69) is 11.0 Å². The number of hydrogen-bond donors (Lipinski definition) is 1. The largest absolute Gasteiger partial charge is 0.492 e. The Labute approximate surface area is 108 Å². The molecule has 4 nitrogen and oxygen atoms in total. The Morgan fingerprint density at radius 2 is 2.17 bits per heavy atom. The van der Waals surface area contributed by atoms with Crippen LogP contribution in [0.4, 0.5) is 0 Å². The van der Waals surface area contributed by atoms with Crippen LogP contribution in [0.3, 0.4) is 0 Å². The van der Waals surface area contributed by atoms with Crippen LogP contribution in [-0.4, -0.2) is 37.7 Å². The number of hydrogen-bond acceptors (Lipinski definition) is 4. The summed E-state index contributed by atoms with van der Waals surface area (Å²) >= 11 is 0. The summed E-state index contributed by atoms with van der Waals surface area (Å²) in [4.78, 5) is 2.39. The molecule has 0 bridgehead atoms. The van der Waals surface area contributed by atoms with E-state index in [1.807, 2.05) is 12.1 Å². The third-order valence-corrected chi connectivity index (χ3v) is 3.36. The van der Waals surface area contributed by atoms with Crippen molar-refractivity contribution in [2.45, 2.75) is 6.42 Å². The Hall–Kier alpha value is -1.57. The van der Waals surface area contributed by atoms with E-state index in [4.69, 9.17) is 15.7 Å². The molecule has 0 aromatic heterocycles. The molecule has 4 heteroatoms. The molecule has 0 radical (unpaired) electrons. The minimum absolute atomic E-state index is 0.653. The zero-order valence-corrected chi connectivity index (χ0v) is 10.5. The first kappa shape index (κ1) is 12.9. The van der Waals surface area contributed by atoms with Crippen LogP contribution in [0.1, 0.15) is 12.0 Å². The summed E-state index contributed by atoms with van der Waals surface area (Å²) in [6.07, 6.45) is 1.20.